The van der Waals surface area contributed by atoms with E-state index in [1.54, 1.807) is 41.3 Å². The Hall–Kier alpha value is -2.09. The van der Waals surface area contributed by atoms with Crippen molar-refractivity contribution in [3.63, 3.8) is 0 Å². The third-order valence-corrected chi connectivity index (χ3v) is 7.00. The Morgan fingerprint density at radius 2 is 1.75 bits per heavy atom. The van der Waals surface area contributed by atoms with Gasteiger partial charge in [0.2, 0.25) is 10.0 Å². The summed E-state index contributed by atoms with van der Waals surface area (Å²) in [5.74, 6) is 0.347. The summed E-state index contributed by atoms with van der Waals surface area (Å²) in [6.45, 7) is 4.93. The zero-order valence-electron chi connectivity index (χ0n) is 15.9. The second-order valence-corrected chi connectivity index (χ2v) is 9.15. The van der Waals surface area contributed by atoms with E-state index < -0.39 is 10.0 Å². The average Bonchev–Trinajstić information content (AvgIpc) is 2.68. The number of halogens is 1. The van der Waals surface area contributed by atoms with Gasteiger partial charge in [0.25, 0.3) is 5.91 Å². The van der Waals surface area contributed by atoms with Gasteiger partial charge in [-0.1, -0.05) is 23.7 Å². The molecule has 2 aromatic rings. The molecule has 1 fully saturated rings. The van der Waals surface area contributed by atoms with Crippen molar-refractivity contribution in [2.75, 3.05) is 32.8 Å². The van der Waals surface area contributed by atoms with Crippen LogP contribution in [0, 0.1) is 13.8 Å². The molecule has 1 aliphatic heterocycles. The Balaban J connectivity index is 1.57. The van der Waals surface area contributed by atoms with Crippen LogP contribution >= 0.6 is 11.6 Å². The Labute approximate surface area is 170 Å². The van der Waals surface area contributed by atoms with Crippen LogP contribution in [0.2, 0.25) is 5.02 Å². The highest BCUT2D eigenvalue weighted by atomic mass is 35.5. The van der Waals surface area contributed by atoms with E-state index in [-0.39, 0.29) is 25.6 Å². The minimum atomic E-state index is -3.56. The largest absolute Gasteiger partial charge is 0.484 e. The second kappa shape index (κ2) is 8.51. The van der Waals surface area contributed by atoms with Gasteiger partial charge in [0.1, 0.15) is 5.75 Å². The van der Waals surface area contributed by atoms with Gasteiger partial charge in [0.15, 0.2) is 6.61 Å². The van der Waals surface area contributed by atoms with Gasteiger partial charge in [-0.05, 0) is 55.3 Å². The van der Waals surface area contributed by atoms with Crippen molar-refractivity contribution in [3.05, 3.63) is 58.6 Å². The highest BCUT2D eigenvalue weighted by molar-refractivity contribution is 7.89. The van der Waals surface area contributed by atoms with E-state index in [2.05, 4.69) is 0 Å². The van der Waals surface area contributed by atoms with E-state index in [1.165, 1.54) is 4.31 Å². The van der Waals surface area contributed by atoms with Crippen LogP contribution in [-0.4, -0.2) is 56.3 Å². The second-order valence-electron chi connectivity index (χ2n) is 6.78. The van der Waals surface area contributed by atoms with Crippen molar-refractivity contribution in [3.8, 4) is 5.75 Å². The first-order valence-corrected chi connectivity index (χ1v) is 10.8. The summed E-state index contributed by atoms with van der Waals surface area (Å²) in [5, 5.41) is 0.537. The van der Waals surface area contributed by atoms with Gasteiger partial charge in [-0.15, -0.1) is 0 Å². The number of benzene rings is 2. The number of carbonyl (C=O) groups is 1. The molecule has 0 N–H and O–H groups in total. The Kier molecular flexibility index (Phi) is 6.27. The number of hydrogen-bond acceptors (Lipinski definition) is 4. The third-order valence-electron chi connectivity index (χ3n) is 4.87. The molecule has 0 bridgehead atoms. The highest BCUT2D eigenvalue weighted by Crippen LogP contribution is 2.21. The Morgan fingerprint density at radius 3 is 2.39 bits per heavy atom. The van der Waals surface area contributed by atoms with Gasteiger partial charge in [-0.2, -0.15) is 4.31 Å². The number of ether oxygens (including phenoxy) is 1. The van der Waals surface area contributed by atoms with Gasteiger partial charge in [0, 0.05) is 31.2 Å². The van der Waals surface area contributed by atoms with Crippen molar-refractivity contribution < 1.29 is 17.9 Å². The molecule has 0 radical (unpaired) electrons. The number of rotatable bonds is 5. The number of aryl methyl sites for hydroxylation is 2. The number of carbonyl (C=O) groups excluding carboxylic acids is 1. The molecule has 1 amide bonds. The molecule has 150 valence electrons. The molecule has 0 aliphatic carbocycles. The number of amides is 1. The first-order chi connectivity index (χ1) is 13.3. The lowest BCUT2D eigenvalue weighted by atomic mass is 10.1. The fourth-order valence-electron chi connectivity index (χ4n) is 2.99. The molecule has 0 atom stereocenters. The van der Waals surface area contributed by atoms with Gasteiger partial charge in [-0.3, -0.25) is 4.79 Å². The molecular weight excluding hydrogens is 400 g/mol. The summed E-state index contributed by atoms with van der Waals surface area (Å²) in [7, 11) is -3.56. The van der Waals surface area contributed by atoms with E-state index in [0.717, 1.165) is 11.1 Å². The topological polar surface area (TPSA) is 66.9 Å². The molecule has 28 heavy (non-hydrogen) atoms. The molecule has 3 rings (SSSR count). The fraction of sp³-hybridized carbons (Fsp3) is 0.350. The summed E-state index contributed by atoms with van der Waals surface area (Å²) in [6.07, 6.45) is 0. The number of piperazine rings is 1. The quantitative estimate of drug-likeness (QED) is 0.743. The molecule has 0 saturated carbocycles. The zero-order valence-corrected chi connectivity index (χ0v) is 17.5. The Bertz CT molecular complexity index is 970. The molecule has 8 heteroatoms. The molecule has 6 nitrogen and oxygen atoms in total. The highest BCUT2D eigenvalue weighted by Gasteiger charge is 2.30. The fourth-order valence-corrected chi connectivity index (χ4v) is 4.68. The molecule has 2 aromatic carbocycles. The molecule has 0 unspecified atom stereocenters. The maximum Gasteiger partial charge on any atom is 0.260 e. The lowest BCUT2D eigenvalue weighted by Crippen LogP contribution is -2.51. The van der Waals surface area contributed by atoms with E-state index in [9.17, 15) is 13.2 Å². The van der Waals surface area contributed by atoms with Gasteiger partial charge < -0.3 is 9.64 Å². The summed E-state index contributed by atoms with van der Waals surface area (Å²) in [6, 6.07) is 12.0. The maximum atomic E-state index is 12.9. The van der Waals surface area contributed by atoms with Crippen LogP contribution in [0.25, 0.3) is 0 Å². The van der Waals surface area contributed by atoms with Crippen LogP contribution in [0.1, 0.15) is 11.1 Å². The summed E-state index contributed by atoms with van der Waals surface area (Å²) in [4.78, 5) is 14.3. The average molecular weight is 423 g/mol. The minimum absolute atomic E-state index is 0.107. The number of hydrogen-bond donors (Lipinski definition) is 0. The molecular formula is C20H23ClN2O4S. The molecule has 0 spiro atoms. The van der Waals surface area contributed by atoms with Crippen LogP contribution < -0.4 is 4.74 Å². The molecule has 1 aliphatic rings. The van der Waals surface area contributed by atoms with Crippen molar-refractivity contribution >= 4 is 27.5 Å². The summed E-state index contributed by atoms with van der Waals surface area (Å²) in [5.41, 5.74) is 1.99. The first-order valence-electron chi connectivity index (χ1n) is 9.01. The van der Waals surface area contributed by atoms with Gasteiger partial charge >= 0.3 is 0 Å². The molecule has 0 aromatic heterocycles. The van der Waals surface area contributed by atoms with E-state index in [4.69, 9.17) is 16.3 Å². The van der Waals surface area contributed by atoms with Crippen LogP contribution in [-0.2, 0) is 14.8 Å². The van der Waals surface area contributed by atoms with E-state index in [1.807, 2.05) is 19.9 Å². The predicted octanol–water partition coefficient (Wildman–Crippen LogP) is 2.87. The SMILES string of the molecule is Cc1ccc(S(=O)(=O)N2CCN(C(=O)COc3cccc(Cl)c3)CC2)cc1C. The van der Waals surface area contributed by atoms with Crippen LogP contribution in [0.3, 0.4) is 0 Å². The van der Waals surface area contributed by atoms with E-state index in [0.29, 0.717) is 28.8 Å². The Morgan fingerprint density at radius 1 is 1.04 bits per heavy atom. The van der Waals surface area contributed by atoms with Crippen molar-refractivity contribution in [2.45, 2.75) is 18.7 Å². The normalized spacial score (nSPS) is 15.5. The van der Waals surface area contributed by atoms with Gasteiger partial charge in [0.05, 0.1) is 4.90 Å². The predicted molar refractivity (Wildman–Crippen MR) is 108 cm³/mol. The zero-order chi connectivity index (χ0) is 20.3. The lowest BCUT2D eigenvalue weighted by molar-refractivity contribution is -0.134. The molecule has 1 heterocycles. The molecule has 1 saturated heterocycles. The monoisotopic (exact) mass is 422 g/mol. The summed E-state index contributed by atoms with van der Waals surface area (Å²) >= 11 is 5.90. The lowest BCUT2D eigenvalue weighted by Gasteiger charge is -2.34. The van der Waals surface area contributed by atoms with Gasteiger partial charge in [-0.25, -0.2) is 8.42 Å². The van der Waals surface area contributed by atoms with Crippen molar-refractivity contribution in [1.29, 1.82) is 0 Å². The number of sulfonamides is 1. The van der Waals surface area contributed by atoms with Crippen LogP contribution in [0.5, 0.6) is 5.75 Å². The van der Waals surface area contributed by atoms with E-state index >= 15 is 0 Å². The van der Waals surface area contributed by atoms with Crippen LogP contribution in [0.15, 0.2) is 47.4 Å². The summed E-state index contributed by atoms with van der Waals surface area (Å²) < 4.78 is 32.6. The van der Waals surface area contributed by atoms with Crippen molar-refractivity contribution in [1.82, 2.24) is 9.21 Å². The minimum Gasteiger partial charge on any atom is -0.484 e. The standard InChI is InChI=1S/C20H23ClN2O4S/c1-15-6-7-19(12-16(15)2)28(25,26)23-10-8-22(9-11-23)20(24)14-27-18-5-3-4-17(21)13-18/h3-7,12-13H,8-11,14H2,1-2H3. The van der Waals surface area contributed by atoms with Crippen molar-refractivity contribution in [2.24, 2.45) is 0 Å². The third kappa shape index (κ3) is 4.66. The number of nitrogens with zero attached hydrogens (tertiary/aromatic N) is 2. The van der Waals surface area contributed by atoms with Crippen LogP contribution in [0.4, 0.5) is 0 Å². The maximum absolute atomic E-state index is 12.9. The first kappa shape index (κ1) is 20.6. The smallest absolute Gasteiger partial charge is 0.260 e.